The summed E-state index contributed by atoms with van der Waals surface area (Å²) in [5.74, 6) is -0.440. The molecule has 1 fully saturated rings. The number of amides is 2. The van der Waals surface area contributed by atoms with Crippen molar-refractivity contribution in [3.05, 3.63) is 0 Å². The molecule has 0 aromatic rings. The first-order chi connectivity index (χ1) is 8.87. The van der Waals surface area contributed by atoms with E-state index in [2.05, 4.69) is 5.32 Å². The van der Waals surface area contributed by atoms with E-state index in [1.54, 1.807) is 11.9 Å². The Morgan fingerprint density at radius 2 is 1.84 bits per heavy atom. The van der Waals surface area contributed by atoms with Gasteiger partial charge >= 0.3 is 12.0 Å². The minimum absolute atomic E-state index is 0.0403. The summed E-state index contributed by atoms with van der Waals surface area (Å²) in [5, 5.41) is 12.0. The molecular formula is C14H26N2O3. The van der Waals surface area contributed by atoms with Gasteiger partial charge in [0.1, 0.15) is 0 Å². The number of nitrogens with zero attached hydrogens (tertiary/aromatic N) is 1. The number of rotatable bonds is 5. The van der Waals surface area contributed by atoms with Crippen molar-refractivity contribution in [3.63, 3.8) is 0 Å². The first-order valence-corrected chi connectivity index (χ1v) is 7.11. The summed E-state index contributed by atoms with van der Waals surface area (Å²) in [4.78, 5) is 24.9. The van der Waals surface area contributed by atoms with Gasteiger partial charge in [0.25, 0.3) is 0 Å². The summed E-state index contributed by atoms with van der Waals surface area (Å²) in [5.41, 5.74) is -0.509. The van der Waals surface area contributed by atoms with Crippen LogP contribution in [0.1, 0.15) is 52.4 Å². The monoisotopic (exact) mass is 270 g/mol. The third-order valence-corrected chi connectivity index (χ3v) is 3.94. The van der Waals surface area contributed by atoms with Crippen molar-refractivity contribution in [2.24, 2.45) is 5.92 Å². The average Bonchev–Trinajstić information content (AvgIpc) is 2.35. The summed E-state index contributed by atoms with van der Waals surface area (Å²) >= 11 is 0. The molecule has 0 bridgehead atoms. The van der Waals surface area contributed by atoms with E-state index in [0.29, 0.717) is 12.5 Å². The topological polar surface area (TPSA) is 69.6 Å². The third-order valence-electron chi connectivity index (χ3n) is 3.94. The number of carboxylic acids is 1. The van der Waals surface area contributed by atoms with Gasteiger partial charge in [0.2, 0.25) is 0 Å². The van der Waals surface area contributed by atoms with E-state index in [0.717, 1.165) is 32.1 Å². The molecular weight excluding hydrogens is 244 g/mol. The second-order valence-electron chi connectivity index (χ2n) is 5.99. The second-order valence-corrected chi connectivity index (χ2v) is 5.99. The Bertz CT molecular complexity index is 323. The van der Waals surface area contributed by atoms with Crippen LogP contribution in [0.5, 0.6) is 0 Å². The Kier molecular flexibility index (Phi) is 5.63. The molecule has 1 rings (SSSR count). The molecule has 2 N–H and O–H groups in total. The first kappa shape index (κ1) is 15.8. The van der Waals surface area contributed by atoms with Gasteiger partial charge in [-0.1, -0.05) is 33.1 Å². The fourth-order valence-electron chi connectivity index (χ4n) is 2.75. The highest BCUT2D eigenvalue weighted by Crippen LogP contribution is 2.35. The molecule has 0 unspecified atom stereocenters. The predicted octanol–water partition coefficient (Wildman–Crippen LogP) is 2.46. The molecule has 5 heteroatoms. The van der Waals surface area contributed by atoms with Crippen molar-refractivity contribution in [1.82, 2.24) is 10.2 Å². The zero-order valence-corrected chi connectivity index (χ0v) is 12.2. The van der Waals surface area contributed by atoms with Crippen molar-refractivity contribution in [3.8, 4) is 0 Å². The van der Waals surface area contributed by atoms with Crippen LogP contribution in [0.2, 0.25) is 0 Å². The van der Waals surface area contributed by atoms with Gasteiger partial charge in [-0.25, -0.2) is 4.79 Å². The Labute approximate surface area is 115 Å². The van der Waals surface area contributed by atoms with Crippen LogP contribution in [0, 0.1) is 5.92 Å². The summed E-state index contributed by atoms with van der Waals surface area (Å²) in [7, 11) is 1.73. The molecule has 2 amide bonds. The van der Waals surface area contributed by atoms with Crippen molar-refractivity contribution < 1.29 is 14.7 Å². The van der Waals surface area contributed by atoms with Crippen molar-refractivity contribution in [2.45, 2.75) is 57.9 Å². The molecule has 0 aromatic heterocycles. The van der Waals surface area contributed by atoms with Crippen LogP contribution in [0.4, 0.5) is 4.79 Å². The number of hydrogen-bond acceptors (Lipinski definition) is 2. The summed E-state index contributed by atoms with van der Waals surface area (Å²) in [6.45, 7) is 4.69. The normalized spacial score (nSPS) is 18.1. The maximum atomic E-state index is 12.2. The van der Waals surface area contributed by atoms with Crippen LogP contribution in [0.3, 0.4) is 0 Å². The second kappa shape index (κ2) is 6.78. The predicted molar refractivity (Wildman–Crippen MR) is 74.1 cm³/mol. The maximum Gasteiger partial charge on any atom is 0.317 e. The number of carbonyl (C=O) groups excluding carboxylic acids is 1. The minimum atomic E-state index is -0.828. The van der Waals surface area contributed by atoms with Crippen LogP contribution >= 0.6 is 0 Å². The molecule has 0 saturated heterocycles. The Morgan fingerprint density at radius 3 is 2.32 bits per heavy atom. The lowest BCUT2D eigenvalue weighted by Crippen LogP contribution is -2.55. The quantitative estimate of drug-likeness (QED) is 0.806. The lowest BCUT2D eigenvalue weighted by atomic mass is 9.78. The number of urea groups is 1. The van der Waals surface area contributed by atoms with Crippen LogP contribution in [-0.4, -0.2) is 41.1 Å². The van der Waals surface area contributed by atoms with Crippen LogP contribution in [-0.2, 0) is 4.79 Å². The zero-order chi connectivity index (χ0) is 14.5. The van der Waals surface area contributed by atoms with E-state index < -0.39 is 11.5 Å². The highest BCUT2D eigenvalue weighted by Gasteiger charge is 2.40. The molecule has 0 heterocycles. The van der Waals surface area contributed by atoms with E-state index >= 15 is 0 Å². The van der Waals surface area contributed by atoms with Gasteiger partial charge in [0, 0.05) is 13.6 Å². The maximum absolute atomic E-state index is 12.2. The Balaban J connectivity index is 2.73. The van der Waals surface area contributed by atoms with E-state index in [-0.39, 0.29) is 12.5 Å². The smallest absolute Gasteiger partial charge is 0.317 e. The van der Waals surface area contributed by atoms with Gasteiger partial charge in [-0.3, -0.25) is 4.79 Å². The van der Waals surface area contributed by atoms with Crippen molar-refractivity contribution in [2.75, 3.05) is 13.6 Å². The third kappa shape index (κ3) is 4.40. The van der Waals surface area contributed by atoms with E-state index in [4.69, 9.17) is 5.11 Å². The highest BCUT2D eigenvalue weighted by molar-refractivity contribution is 5.76. The molecule has 0 spiro atoms. The molecule has 0 aliphatic heterocycles. The molecule has 1 saturated carbocycles. The van der Waals surface area contributed by atoms with E-state index in [1.165, 1.54) is 0 Å². The molecule has 0 aromatic carbocycles. The van der Waals surface area contributed by atoms with Crippen molar-refractivity contribution >= 4 is 12.0 Å². The molecule has 1 aliphatic carbocycles. The first-order valence-electron chi connectivity index (χ1n) is 7.11. The lowest BCUT2D eigenvalue weighted by Gasteiger charge is -2.43. The van der Waals surface area contributed by atoms with Gasteiger partial charge in [-0.2, -0.15) is 0 Å². The van der Waals surface area contributed by atoms with Gasteiger partial charge in [-0.05, 0) is 18.8 Å². The summed E-state index contributed by atoms with van der Waals surface area (Å²) in [6.07, 6.45) is 4.72. The SMILES string of the molecule is CC(C)CNC(=O)N(C)C1(CC(=O)O)CCCCC1. The van der Waals surface area contributed by atoms with Crippen LogP contribution in [0.25, 0.3) is 0 Å². The summed E-state index contributed by atoms with van der Waals surface area (Å²) in [6, 6.07) is -0.156. The van der Waals surface area contributed by atoms with Gasteiger partial charge in [0.05, 0.1) is 12.0 Å². The molecule has 0 atom stereocenters. The molecule has 0 radical (unpaired) electrons. The minimum Gasteiger partial charge on any atom is -0.481 e. The van der Waals surface area contributed by atoms with Gasteiger partial charge in [-0.15, -0.1) is 0 Å². The highest BCUT2D eigenvalue weighted by atomic mass is 16.4. The fourth-order valence-corrected chi connectivity index (χ4v) is 2.75. The van der Waals surface area contributed by atoms with E-state index in [9.17, 15) is 9.59 Å². The fraction of sp³-hybridized carbons (Fsp3) is 0.857. The standard InChI is InChI=1S/C14H26N2O3/c1-11(2)10-15-13(19)16(3)14(9-12(17)18)7-5-4-6-8-14/h11H,4-10H2,1-3H3,(H,15,19)(H,17,18). The van der Waals surface area contributed by atoms with Gasteiger partial charge in [0.15, 0.2) is 0 Å². The number of carboxylic acid groups (broad SMARTS) is 1. The number of nitrogens with one attached hydrogen (secondary N) is 1. The zero-order valence-electron chi connectivity index (χ0n) is 12.2. The molecule has 19 heavy (non-hydrogen) atoms. The van der Waals surface area contributed by atoms with Crippen LogP contribution < -0.4 is 5.32 Å². The van der Waals surface area contributed by atoms with E-state index in [1.807, 2.05) is 13.8 Å². The Morgan fingerprint density at radius 1 is 1.26 bits per heavy atom. The largest absolute Gasteiger partial charge is 0.481 e. The lowest BCUT2D eigenvalue weighted by molar-refractivity contribution is -0.140. The molecule has 110 valence electrons. The summed E-state index contributed by atoms with van der Waals surface area (Å²) < 4.78 is 0. The average molecular weight is 270 g/mol. The number of hydrogen-bond donors (Lipinski definition) is 2. The van der Waals surface area contributed by atoms with Crippen molar-refractivity contribution in [1.29, 1.82) is 0 Å². The molecule has 1 aliphatic rings. The molecule has 5 nitrogen and oxygen atoms in total. The Hall–Kier alpha value is -1.26. The van der Waals surface area contributed by atoms with Gasteiger partial charge < -0.3 is 15.3 Å². The van der Waals surface area contributed by atoms with Crippen LogP contribution in [0.15, 0.2) is 0 Å². The number of aliphatic carboxylic acids is 1. The number of carbonyl (C=O) groups is 2.